The van der Waals surface area contributed by atoms with Crippen LogP contribution in [0.3, 0.4) is 0 Å². The second kappa shape index (κ2) is 6.63. The Bertz CT molecular complexity index is 316. The van der Waals surface area contributed by atoms with Crippen molar-refractivity contribution in [2.24, 2.45) is 0 Å². The Hall–Kier alpha value is -1.86. The molecule has 0 bridgehead atoms. The summed E-state index contributed by atoms with van der Waals surface area (Å²) in [5.41, 5.74) is 0.403. The highest BCUT2D eigenvalue weighted by Crippen LogP contribution is 2.10. The molecule has 2 N–H and O–H groups in total. The number of aliphatic carboxylic acids is 1. The van der Waals surface area contributed by atoms with E-state index in [2.05, 4.69) is 0 Å². The van der Waals surface area contributed by atoms with Crippen molar-refractivity contribution in [1.29, 1.82) is 5.26 Å². The highest BCUT2D eigenvalue weighted by molar-refractivity contribution is 5.73. The third-order valence-corrected chi connectivity index (χ3v) is 1.35. The first-order valence-corrected chi connectivity index (χ1v) is 3.90. The van der Waals surface area contributed by atoms with Gasteiger partial charge >= 0.3 is 5.97 Å². The second-order valence-corrected chi connectivity index (χ2v) is 2.38. The number of aliphatic hydroxyl groups is 1. The van der Waals surface area contributed by atoms with Crippen LogP contribution < -0.4 is 0 Å². The van der Waals surface area contributed by atoms with Gasteiger partial charge in [0.25, 0.3) is 0 Å². The quantitative estimate of drug-likeness (QED) is 0.742. The fourth-order valence-electron chi connectivity index (χ4n) is 0.778. The summed E-state index contributed by atoms with van der Waals surface area (Å²) >= 11 is 0. The van der Waals surface area contributed by atoms with E-state index in [9.17, 15) is 4.79 Å². The van der Waals surface area contributed by atoms with Crippen LogP contribution in [0.2, 0.25) is 0 Å². The van der Waals surface area contributed by atoms with E-state index in [0.717, 1.165) is 0 Å². The highest BCUT2D eigenvalue weighted by Gasteiger charge is 2.14. The highest BCUT2D eigenvalue weighted by atomic mass is 16.4. The molecule has 14 heavy (non-hydrogen) atoms. The molecule has 0 amide bonds. The summed E-state index contributed by atoms with van der Waals surface area (Å²) in [6.45, 7) is 1.43. The van der Waals surface area contributed by atoms with Gasteiger partial charge < -0.3 is 10.2 Å². The summed E-state index contributed by atoms with van der Waals surface area (Å²) in [6.07, 6.45) is -1.41. The Morgan fingerprint density at radius 3 is 2.21 bits per heavy atom. The predicted octanol–water partition coefficient (Wildman–Crippen LogP) is 1.33. The van der Waals surface area contributed by atoms with E-state index in [0.29, 0.717) is 5.56 Å². The maximum atomic E-state index is 10.2. The third kappa shape index (κ3) is 4.24. The number of carboxylic acids is 1. The summed E-state index contributed by atoms with van der Waals surface area (Å²) < 4.78 is 0. The third-order valence-electron chi connectivity index (χ3n) is 1.35. The van der Waals surface area contributed by atoms with Crippen LogP contribution in [-0.4, -0.2) is 16.2 Å². The molecule has 0 aliphatic rings. The molecule has 1 rings (SSSR count). The van der Waals surface area contributed by atoms with Gasteiger partial charge in [0.15, 0.2) is 6.10 Å². The molecule has 0 saturated heterocycles. The van der Waals surface area contributed by atoms with Crippen molar-refractivity contribution in [3.05, 3.63) is 35.9 Å². The molecule has 0 spiro atoms. The lowest BCUT2D eigenvalue weighted by Gasteiger charge is -2.03. The molecule has 0 fully saturated rings. The Labute approximate surface area is 82.0 Å². The summed E-state index contributed by atoms with van der Waals surface area (Å²) in [5.74, 6) is -1.23. The first kappa shape index (κ1) is 12.1. The van der Waals surface area contributed by atoms with Gasteiger partial charge in [0.2, 0.25) is 0 Å². The first-order chi connectivity index (χ1) is 6.63. The molecule has 74 valence electrons. The van der Waals surface area contributed by atoms with Crippen LogP contribution >= 0.6 is 0 Å². The topological polar surface area (TPSA) is 81.3 Å². The predicted molar refractivity (Wildman–Crippen MR) is 50.3 cm³/mol. The lowest BCUT2D eigenvalue weighted by atomic mass is 10.1. The van der Waals surface area contributed by atoms with Crippen molar-refractivity contribution in [2.75, 3.05) is 0 Å². The van der Waals surface area contributed by atoms with E-state index in [4.69, 9.17) is 15.5 Å². The van der Waals surface area contributed by atoms with Gasteiger partial charge in [0, 0.05) is 6.92 Å². The van der Waals surface area contributed by atoms with Crippen molar-refractivity contribution in [2.45, 2.75) is 13.0 Å². The average Bonchev–Trinajstić information content (AvgIpc) is 2.19. The Kier molecular flexibility index (Phi) is 5.75. The van der Waals surface area contributed by atoms with Crippen LogP contribution in [0.25, 0.3) is 0 Å². The van der Waals surface area contributed by atoms with Crippen LogP contribution in [0.15, 0.2) is 30.3 Å². The molecule has 0 heterocycles. The number of carboxylic acid groups (broad SMARTS) is 1. The number of nitrogens with zero attached hydrogens (tertiary/aromatic N) is 1. The van der Waals surface area contributed by atoms with Gasteiger partial charge in [-0.2, -0.15) is 5.26 Å². The number of benzene rings is 1. The molecule has 1 aromatic rings. The van der Waals surface area contributed by atoms with Crippen molar-refractivity contribution >= 4 is 5.97 Å². The average molecular weight is 193 g/mol. The molecular formula is C10H11NO3. The smallest absolute Gasteiger partial charge is 0.337 e. The van der Waals surface area contributed by atoms with Crippen LogP contribution in [0.1, 0.15) is 18.6 Å². The van der Waals surface area contributed by atoms with Crippen molar-refractivity contribution < 1.29 is 15.0 Å². The van der Waals surface area contributed by atoms with Crippen LogP contribution in [0.4, 0.5) is 0 Å². The van der Waals surface area contributed by atoms with Crippen LogP contribution in [0, 0.1) is 11.3 Å². The lowest BCUT2D eigenvalue weighted by Crippen LogP contribution is -2.09. The van der Waals surface area contributed by atoms with Crippen LogP contribution in [-0.2, 0) is 4.79 Å². The molecule has 1 aromatic carbocycles. The lowest BCUT2D eigenvalue weighted by molar-refractivity contribution is -0.146. The second-order valence-electron chi connectivity index (χ2n) is 2.38. The molecule has 4 nitrogen and oxygen atoms in total. The van der Waals surface area contributed by atoms with Gasteiger partial charge in [0.1, 0.15) is 0 Å². The van der Waals surface area contributed by atoms with E-state index in [1.807, 2.05) is 0 Å². The number of rotatable bonds is 2. The van der Waals surface area contributed by atoms with E-state index in [-0.39, 0.29) is 0 Å². The monoisotopic (exact) mass is 193 g/mol. The Morgan fingerprint density at radius 2 is 1.86 bits per heavy atom. The summed E-state index contributed by atoms with van der Waals surface area (Å²) in [5, 5.41) is 24.7. The summed E-state index contributed by atoms with van der Waals surface area (Å²) in [4.78, 5) is 10.2. The van der Waals surface area contributed by atoms with Gasteiger partial charge in [-0.05, 0) is 5.56 Å². The minimum atomic E-state index is -1.41. The Morgan fingerprint density at radius 1 is 1.43 bits per heavy atom. The largest absolute Gasteiger partial charge is 0.479 e. The number of aliphatic hydroxyl groups excluding tert-OH is 1. The minimum Gasteiger partial charge on any atom is -0.479 e. The van der Waals surface area contributed by atoms with E-state index < -0.39 is 12.1 Å². The van der Waals surface area contributed by atoms with Gasteiger partial charge in [-0.3, -0.25) is 0 Å². The zero-order valence-electron chi connectivity index (χ0n) is 7.71. The molecule has 0 aromatic heterocycles. The molecule has 0 aliphatic carbocycles. The minimum absolute atomic E-state index is 0.403. The van der Waals surface area contributed by atoms with Gasteiger partial charge in [0.05, 0.1) is 6.07 Å². The molecule has 1 unspecified atom stereocenters. The molecule has 4 heteroatoms. The normalized spacial score (nSPS) is 10.4. The molecule has 0 aliphatic heterocycles. The zero-order chi connectivity index (χ0) is 11.0. The standard InChI is InChI=1S/C8H8O3.C2H3N/c9-7(8(10)11)6-4-2-1-3-5-6;1-2-3/h1-5,7,9H,(H,10,11);1H3. The van der Waals surface area contributed by atoms with E-state index in [1.165, 1.54) is 6.92 Å². The number of carbonyl (C=O) groups is 1. The van der Waals surface area contributed by atoms with Crippen LogP contribution in [0.5, 0.6) is 0 Å². The molecule has 0 saturated carbocycles. The van der Waals surface area contributed by atoms with E-state index in [1.54, 1.807) is 36.4 Å². The molecular weight excluding hydrogens is 182 g/mol. The number of nitriles is 1. The molecule has 0 radical (unpaired) electrons. The number of hydrogen-bond acceptors (Lipinski definition) is 3. The molecule has 1 atom stereocenters. The van der Waals surface area contributed by atoms with E-state index >= 15 is 0 Å². The fraction of sp³-hybridized carbons (Fsp3) is 0.200. The zero-order valence-corrected chi connectivity index (χ0v) is 7.71. The van der Waals surface area contributed by atoms with Crippen molar-refractivity contribution in [3.8, 4) is 6.07 Å². The summed E-state index contributed by atoms with van der Waals surface area (Å²) in [7, 11) is 0. The first-order valence-electron chi connectivity index (χ1n) is 3.90. The number of hydrogen-bond donors (Lipinski definition) is 2. The van der Waals surface area contributed by atoms with Crippen molar-refractivity contribution in [3.63, 3.8) is 0 Å². The maximum absolute atomic E-state index is 10.2. The van der Waals surface area contributed by atoms with Gasteiger partial charge in [-0.15, -0.1) is 0 Å². The summed E-state index contributed by atoms with van der Waals surface area (Å²) in [6, 6.07) is 10.0. The Balaban J connectivity index is 0.000000500. The van der Waals surface area contributed by atoms with Gasteiger partial charge in [-0.25, -0.2) is 4.79 Å². The van der Waals surface area contributed by atoms with Crippen molar-refractivity contribution in [1.82, 2.24) is 0 Å². The fourth-order valence-corrected chi connectivity index (χ4v) is 0.778. The maximum Gasteiger partial charge on any atom is 0.337 e. The van der Waals surface area contributed by atoms with Gasteiger partial charge in [-0.1, -0.05) is 30.3 Å². The SMILES string of the molecule is CC#N.O=C(O)C(O)c1ccccc1.